The van der Waals surface area contributed by atoms with Crippen LogP contribution in [0.15, 0.2) is 200 Å². The molecule has 0 bridgehead atoms. The third-order valence-corrected chi connectivity index (χ3v) is 28.4. The molecular weight excluding hydrogens is 1990 g/mol. The van der Waals surface area contributed by atoms with Gasteiger partial charge in [0.15, 0.2) is 24.2 Å². The second kappa shape index (κ2) is 51.9. The quantitative estimate of drug-likeness (QED) is 0.00862. The van der Waals surface area contributed by atoms with Gasteiger partial charge >= 0.3 is 30.0 Å². The van der Waals surface area contributed by atoms with Gasteiger partial charge in [0.05, 0.1) is 83.1 Å². The van der Waals surface area contributed by atoms with Crippen molar-refractivity contribution in [1.82, 2.24) is 64.7 Å². The van der Waals surface area contributed by atoms with E-state index in [-0.39, 0.29) is 129 Å². The maximum atomic E-state index is 13.7. The number of hydrogen-bond acceptors (Lipinski definition) is 26. The summed E-state index contributed by atoms with van der Waals surface area (Å²) < 4.78 is 40.5. The fourth-order valence-corrected chi connectivity index (χ4v) is 21.0. The number of nitrogens with zero attached hydrogens (tertiary/aromatic N) is 11. The maximum absolute atomic E-state index is 13.7. The Bertz CT molecular complexity index is 5690. The van der Waals surface area contributed by atoms with Crippen molar-refractivity contribution in [2.24, 2.45) is 0 Å². The number of benzene rings is 6. The number of esters is 3. The Balaban J connectivity index is 0.000000191. The molecule has 148 heavy (non-hydrogen) atoms. The van der Waals surface area contributed by atoms with E-state index in [1.54, 1.807) is 67.8 Å². The van der Waals surface area contributed by atoms with Crippen LogP contribution in [-0.4, -0.2) is 312 Å². The molecule has 7 aromatic rings. The van der Waals surface area contributed by atoms with Crippen molar-refractivity contribution >= 4 is 83.1 Å². The molecule has 15 atom stereocenters. The van der Waals surface area contributed by atoms with Gasteiger partial charge in [0.25, 0.3) is 23.6 Å². The Morgan fingerprint density at radius 2 is 0.676 bits per heavy atom. The molecule has 38 heteroatoms. The van der Waals surface area contributed by atoms with Crippen LogP contribution in [0, 0.1) is 7.43 Å². The van der Waals surface area contributed by atoms with Crippen molar-refractivity contribution in [3.63, 3.8) is 0 Å². The third-order valence-electron chi connectivity index (χ3n) is 28.4. The Labute approximate surface area is 879 Å². The molecular formula is C110H142N13O24Pd-. The van der Waals surface area contributed by atoms with Gasteiger partial charge in [-0.15, -0.1) is 0 Å². The summed E-state index contributed by atoms with van der Waals surface area (Å²) in [4.78, 5) is 198. The molecule has 10 aliphatic rings. The van der Waals surface area contributed by atoms with Crippen LogP contribution in [0.5, 0.6) is 0 Å². The summed E-state index contributed by atoms with van der Waals surface area (Å²) in [5.41, 5.74) is 0.885. The number of hydrogen-bond donors (Lipinski definition) is 5. The number of carboxylic acid groups (broad SMARTS) is 1. The number of β-lactam (4-membered cyclic amide) rings is 5. The largest absolute Gasteiger partial charge is 0.480 e. The zero-order chi connectivity index (χ0) is 104. The van der Waals surface area contributed by atoms with Crippen LogP contribution in [0.4, 0.5) is 4.79 Å². The normalized spacial score (nSPS) is 22.7. The van der Waals surface area contributed by atoms with E-state index in [0.29, 0.717) is 97.0 Å². The number of aromatic nitrogens is 2. The molecule has 5 N–H and O–H groups in total. The first-order valence-corrected chi connectivity index (χ1v) is 49.7. The van der Waals surface area contributed by atoms with Crippen LogP contribution in [0.25, 0.3) is 0 Å². The van der Waals surface area contributed by atoms with Gasteiger partial charge in [-0.25, -0.2) is 33.9 Å². The van der Waals surface area contributed by atoms with E-state index in [1.165, 1.54) is 59.1 Å². The number of carboxylic acids is 1. The van der Waals surface area contributed by atoms with Crippen LogP contribution in [-0.2, 0) is 162 Å². The molecule has 17 rings (SSSR count). The van der Waals surface area contributed by atoms with Crippen molar-refractivity contribution < 1.29 is 136 Å². The SMILES string of the molecule is C.CC(=O)N1CCCC12CN([C@H](C(=O)NCc1ncccn1)[C@@H](C)O)C2=O.CC(=O)N1CCCC12CN([C@H](C(=O)O)[C@@H](C)O)C2=O.CC(=O)N1CCCC12CN([C@H](C(=O)OCc1ccccc1)[C@@H](C)OCc1ccccc1)C2=O.C[C@@H](OCc1ccccc1)[C@@H](C(=O)OCc1ccccc1)N1CC2(CCCN2)C1=O.C[C@@H](OCc1ccccc1)[C@@H](C(=O)OCc1ccccc1)N1CC2(CCCN2C(=O)OC(C)(C)C)C1=O.[CH3-].[Pd]. The number of aliphatic carboxylic acids is 1. The number of aliphatic hydroxyl groups excluding tert-OH is 2. The van der Waals surface area contributed by atoms with Crippen molar-refractivity contribution in [2.45, 2.75) is 288 Å². The summed E-state index contributed by atoms with van der Waals surface area (Å²) in [6.07, 6.45) is 5.82. The van der Waals surface area contributed by atoms with Gasteiger partial charge in [-0.1, -0.05) is 189 Å². The second-order valence-corrected chi connectivity index (χ2v) is 39.7. The molecule has 10 fully saturated rings. The molecule has 802 valence electrons. The zero-order valence-corrected chi connectivity index (χ0v) is 87.1. The molecule has 0 radical (unpaired) electrons. The molecule has 5 spiro atoms. The first-order valence-electron chi connectivity index (χ1n) is 49.7. The van der Waals surface area contributed by atoms with E-state index in [1.807, 2.05) is 189 Å². The Hall–Kier alpha value is -12.8. The van der Waals surface area contributed by atoms with E-state index in [2.05, 4.69) is 20.6 Å². The number of carbonyl (C=O) groups excluding carboxylic acids is 13. The minimum absolute atomic E-state index is 0. The topological polar surface area (TPSA) is 443 Å². The van der Waals surface area contributed by atoms with Gasteiger partial charge in [0.1, 0.15) is 65.0 Å². The Morgan fingerprint density at radius 3 is 0.946 bits per heavy atom. The number of ether oxygens (including phenoxy) is 7. The summed E-state index contributed by atoms with van der Waals surface area (Å²) >= 11 is 0. The van der Waals surface area contributed by atoms with E-state index in [0.717, 1.165) is 76.9 Å². The van der Waals surface area contributed by atoms with Gasteiger partial charge in [0, 0.05) is 86.3 Å². The van der Waals surface area contributed by atoms with Crippen LogP contribution in [0.3, 0.4) is 0 Å². The Kier molecular flexibility index (Phi) is 41.1. The average molecular weight is 2140 g/mol. The van der Waals surface area contributed by atoms with Gasteiger partial charge in [-0.2, -0.15) is 0 Å². The maximum Gasteiger partial charge on any atom is 0.411 e. The van der Waals surface area contributed by atoms with Crippen molar-refractivity contribution in [1.29, 1.82) is 0 Å². The number of amides is 10. The number of likely N-dealkylation sites (tertiary alicyclic amines) is 9. The minimum atomic E-state index is -1.24. The molecule has 6 aromatic carbocycles. The summed E-state index contributed by atoms with van der Waals surface area (Å²) in [5.74, 6) is -4.30. The predicted octanol–water partition coefficient (Wildman–Crippen LogP) is 9.10. The van der Waals surface area contributed by atoms with Gasteiger partial charge in [-0.05, 0) is 166 Å². The van der Waals surface area contributed by atoms with Crippen LogP contribution >= 0.6 is 0 Å². The summed E-state index contributed by atoms with van der Waals surface area (Å²) in [5, 5.41) is 34.6. The van der Waals surface area contributed by atoms with E-state index < -0.39 is 130 Å². The molecule has 11 heterocycles. The fraction of sp³-hybridized carbons (Fsp3) is 0.500. The first-order chi connectivity index (χ1) is 69.3. The molecule has 0 saturated carbocycles. The fourth-order valence-electron chi connectivity index (χ4n) is 21.0. The Morgan fingerprint density at radius 1 is 0.392 bits per heavy atom. The molecule has 1 aromatic heterocycles. The molecule has 10 amide bonds. The van der Waals surface area contributed by atoms with E-state index >= 15 is 0 Å². The minimum Gasteiger partial charge on any atom is -0.480 e. The van der Waals surface area contributed by atoms with Crippen molar-refractivity contribution in [3.8, 4) is 0 Å². The first kappa shape index (κ1) is 117. The van der Waals surface area contributed by atoms with Crippen LogP contribution in [0.2, 0.25) is 0 Å². The molecule has 37 nitrogen and oxygen atoms in total. The molecule has 10 saturated heterocycles. The second-order valence-electron chi connectivity index (χ2n) is 39.7. The van der Waals surface area contributed by atoms with Gasteiger partial charge in [0.2, 0.25) is 29.5 Å². The zero-order valence-electron chi connectivity index (χ0n) is 85.6. The molecule has 0 aliphatic carbocycles. The summed E-state index contributed by atoms with van der Waals surface area (Å²) in [6.45, 7) is 23.8. The number of aliphatic hydroxyl groups is 2. The van der Waals surface area contributed by atoms with E-state index in [9.17, 15) is 77.3 Å². The summed E-state index contributed by atoms with van der Waals surface area (Å²) in [6, 6.07) is 54.3. The van der Waals surface area contributed by atoms with Crippen molar-refractivity contribution in [3.05, 3.63) is 247 Å². The van der Waals surface area contributed by atoms with Crippen LogP contribution < -0.4 is 10.6 Å². The van der Waals surface area contributed by atoms with E-state index in [4.69, 9.17) is 38.3 Å². The standard InChI is InChI=1S/C29H36N2O6.C26H30N2O5.C24H28N2O4.C17H23N5O4.C12H18N2O5.CH4.CH3.Pd/c1-21(35-18-22-12-7-5-8-13-22)24(25(32)36-19-23-14-9-6-10-15-23)30-20-29(26(30)33)16-11-17-31(29)27(34)37-28(2,3)4;1-19(32-16-21-10-5-3-6-11-21)23(24(30)33-17-22-12-7-4-8-13-22)27-18-26(25(27)31)14-9-15-28(26)20(2)29;1-18(29-15-19-9-4-2-5-10-19)21(22(27)30-16-20-11-6-3-7-12-20)26-17-24(23(26)28)13-8-14-25-24;1-11(23)14(15(25)20-9-13-18-6-4-7-19-13)21-10-17(16(21)26)5-3-8-22(17)12(2)24;1-7(15)9(10(17)18)13-6-12(11(13)19)4-3-5-14(12)8(2)16;;;/h5-10,12-15,21,24H,11,16-20H2,1-4H3;3-8,10-13,19,23H,9,14-18H2,1-2H3;2-7,9-12,18,21,25H,8,13-17H2,1H3;4,6-7,11,14,23H,3,5,8-10H2,1-2H3,(H,20,25);7,9,15H,3-6H2,1-2H3,(H,17,18);1H4;1H3;/q;;;;;;-1;/t21-,24+,29?;19-,23+,26?;18-,21+,24?;11-,14+,17?;7-,9+,12?;;;/m11111.../s1. The monoisotopic (exact) mass is 2130 g/mol. The summed E-state index contributed by atoms with van der Waals surface area (Å²) in [7, 11) is 0. The average Bonchev–Trinajstić information content (AvgIpc) is 1.50. The number of rotatable bonds is 32. The number of carbonyl (C=O) groups is 14. The van der Waals surface area contributed by atoms with Crippen molar-refractivity contribution in [2.75, 3.05) is 65.4 Å². The number of nitrogens with one attached hydrogen (secondary N) is 2. The smallest absolute Gasteiger partial charge is 0.411 e. The van der Waals surface area contributed by atoms with Gasteiger partial charge < -0.3 is 106 Å². The van der Waals surface area contributed by atoms with Crippen LogP contribution in [0.1, 0.15) is 187 Å². The molecule has 5 unspecified atom stereocenters. The predicted molar refractivity (Wildman–Crippen MR) is 539 cm³/mol. The van der Waals surface area contributed by atoms with Gasteiger partial charge in [-0.3, -0.25) is 48.1 Å². The molecule has 10 aliphatic heterocycles. The third kappa shape index (κ3) is 26.7.